The standard InChI is InChI=1S/C15H22INO2/c1-14(2,3)9-15(4,5)17-13(19)11-8-10(16)6-7-12(11)18/h6-8,18H,9H2,1-5H3,(H,17,19). The molecule has 0 spiro atoms. The molecule has 3 nitrogen and oxygen atoms in total. The number of halogens is 1. The van der Waals surface area contributed by atoms with Crippen LogP contribution in [0.3, 0.4) is 0 Å². The molecule has 0 atom stereocenters. The van der Waals surface area contributed by atoms with Crippen LogP contribution in [-0.4, -0.2) is 16.6 Å². The van der Waals surface area contributed by atoms with Gasteiger partial charge in [-0.1, -0.05) is 20.8 Å². The lowest BCUT2D eigenvalue weighted by molar-refractivity contribution is 0.0888. The molecule has 1 amide bonds. The van der Waals surface area contributed by atoms with Gasteiger partial charge in [0.1, 0.15) is 5.75 Å². The third kappa shape index (κ3) is 5.38. The minimum absolute atomic E-state index is 0.0180. The first-order chi connectivity index (χ1) is 8.50. The third-order valence-electron chi connectivity index (χ3n) is 2.63. The molecule has 1 aromatic carbocycles. The number of benzene rings is 1. The Labute approximate surface area is 128 Å². The van der Waals surface area contributed by atoms with Gasteiger partial charge in [0.05, 0.1) is 5.56 Å². The molecule has 0 bridgehead atoms. The highest BCUT2D eigenvalue weighted by molar-refractivity contribution is 14.1. The van der Waals surface area contributed by atoms with E-state index in [4.69, 9.17) is 0 Å². The van der Waals surface area contributed by atoms with Crippen molar-refractivity contribution in [3.8, 4) is 5.75 Å². The number of aromatic hydroxyl groups is 1. The van der Waals surface area contributed by atoms with E-state index in [2.05, 4.69) is 48.7 Å². The van der Waals surface area contributed by atoms with Gasteiger partial charge in [-0.05, 0) is 66.5 Å². The summed E-state index contributed by atoms with van der Waals surface area (Å²) in [6.07, 6.45) is 0.858. The van der Waals surface area contributed by atoms with Crippen LogP contribution in [0.5, 0.6) is 5.75 Å². The van der Waals surface area contributed by atoms with Crippen LogP contribution in [0.1, 0.15) is 51.4 Å². The molecule has 0 unspecified atom stereocenters. The number of hydrogen-bond donors (Lipinski definition) is 2. The number of amides is 1. The summed E-state index contributed by atoms with van der Waals surface area (Å²) in [5.41, 5.74) is 0.140. The van der Waals surface area contributed by atoms with Crippen LogP contribution < -0.4 is 5.32 Å². The van der Waals surface area contributed by atoms with E-state index in [-0.39, 0.29) is 22.6 Å². The zero-order valence-electron chi connectivity index (χ0n) is 12.2. The first kappa shape index (κ1) is 16.3. The Balaban J connectivity index is 2.87. The number of hydrogen-bond acceptors (Lipinski definition) is 2. The number of nitrogens with one attached hydrogen (secondary N) is 1. The van der Waals surface area contributed by atoms with E-state index in [9.17, 15) is 9.90 Å². The van der Waals surface area contributed by atoms with Crippen molar-refractivity contribution in [2.75, 3.05) is 0 Å². The number of carbonyl (C=O) groups is 1. The summed E-state index contributed by atoms with van der Waals surface area (Å²) in [5.74, 6) is -0.213. The number of carbonyl (C=O) groups excluding carboxylic acids is 1. The summed E-state index contributed by atoms with van der Waals surface area (Å²) in [6.45, 7) is 10.4. The van der Waals surface area contributed by atoms with E-state index in [0.29, 0.717) is 5.56 Å². The molecule has 0 heterocycles. The third-order valence-corrected chi connectivity index (χ3v) is 3.30. The van der Waals surface area contributed by atoms with E-state index in [0.717, 1.165) is 9.99 Å². The molecule has 1 rings (SSSR count). The van der Waals surface area contributed by atoms with Gasteiger partial charge in [-0.2, -0.15) is 0 Å². The maximum absolute atomic E-state index is 12.2. The maximum atomic E-state index is 12.2. The van der Waals surface area contributed by atoms with Crippen LogP contribution in [0.25, 0.3) is 0 Å². The van der Waals surface area contributed by atoms with Crippen molar-refractivity contribution in [1.29, 1.82) is 0 Å². The SMILES string of the molecule is CC(C)(C)CC(C)(C)NC(=O)c1cc(I)ccc1O. The van der Waals surface area contributed by atoms with Gasteiger partial charge in [-0.25, -0.2) is 0 Å². The van der Waals surface area contributed by atoms with E-state index < -0.39 is 0 Å². The van der Waals surface area contributed by atoms with Crippen molar-refractivity contribution in [3.63, 3.8) is 0 Å². The van der Waals surface area contributed by atoms with Crippen LogP contribution in [0.4, 0.5) is 0 Å². The fourth-order valence-corrected chi connectivity index (χ4v) is 2.93. The molecule has 1 aromatic rings. The highest BCUT2D eigenvalue weighted by Gasteiger charge is 2.28. The molecule has 0 aromatic heterocycles. The van der Waals surface area contributed by atoms with E-state index in [1.807, 2.05) is 13.8 Å². The summed E-state index contributed by atoms with van der Waals surface area (Å²) < 4.78 is 0.925. The zero-order chi connectivity index (χ0) is 14.8. The van der Waals surface area contributed by atoms with E-state index >= 15 is 0 Å². The van der Waals surface area contributed by atoms with Gasteiger partial charge in [0, 0.05) is 9.11 Å². The molecule has 0 aliphatic heterocycles. The fraction of sp³-hybridized carbons (Fsp3) is 0.533. The topological polar surface area (TPSA) is 49.3 Å². The summed E-state index contributed by atoms with van der Waals surface area (Å²) >= 11 is 2.12. The van der Waals surface area contributed by atoms with Crippen molar-refractivity contribution in [2.24, 2.45) is 5.41 Å². The molecule has 0 saturated heterocycles. The van der Waals surface area contributed by atoms with Gasteiger partial charge in [0.25, 0.3) is 5.91 Å². The Bertz CT molecular complexity index is 476. The van der Waals surface area contributed by atoms with Gasteiger partial charge in [0.15, 0.2) is 0 Å². The second kappa shape index (κ2) is 5.69. The predicted molar refractivity (Wildman–Crippen MR) is 86.4 cm³/mol. The summed E-state index contributed by atoms with van der Waals surface area (Å²) in [6, 6.07) is 5.01. The Morgan fingerprint density at radius 3 is 2.37 bits per heavy atom. The second-order valence-corrected chi connectivity index (χ2v) is 7.98. The lowest BCUT2D eigenvalue weighted by atomic mass is 9.81. The Morgan fingerprint density at radius 2 is 1.84 bits per heavy atom. The van der Waals surface area contributed by atoms with Gasteiger partial charge < -0.3 is 10.4 Å². The smallest absolute Gasteiger partial charge is 0.255 e. The quantitative estimate of drug-likeness (QED) is 0.787. The van der Waals surface area contributed by atoms with Crippen LogP contribution >= 0.6 is 22.6 Å². The first-order valence-corrected chi connectivity index (χ1v) is 7.39. The van der Waals surface area contributed by atoms with Crippen LogP contribution in [-0.2, 0) is 0 Å². The Kier molecular flexibility index (Phi) is 4.87. The minimum Gasteiger partial charge on any atom is -0.507 e. The summed E-state index contributed by atoms with van der Waals surface area (Å²) in [4.78, 5) is 12.2. The minimum atomic E-state index is -0.316. The normalized spacial score (nSPS) is 12.3. The fourth-order valence-electron chi connectivity index (χ4n) is 2.43. The van der Waals surface area contributed by atoms with Crippen molar-refractivity contribution in [1.82, 2.24) is 5.32 Å². The number of rotatable bonds is 3. The van der Waals surface area contributed by atoms with Crippen molar-refractivity contribution in [3.05, 3.63) is 27.3 Å². The van der Waals surface area contributed by atoms with Gasteiger partial charge in [0.2, 0.25) is 0 Å². The van der Waals surface area contributed by atoms with Gasteiger partial charge in [-0.15, -0.1) is 0 Å². The first-order valence-electron chi connectivity index (χ1n) is 6.31. The number of phenols is 1. The zero-order valence-corrected chi connectivity index (χ0v) is 14.3. The largest absolute Gasteiger partial charge is 0.507 e. The molecule has 19 heavy (non-hydrogen) atoms. The lowest BCUT2D eigenvalue weighted by Crippen LogP contribution is -2.45. The highest BCUT2D eigenvalue weighted by Crippen LogP contribution is 2.28. The average Bonchev–Trinajstić information content (AvgIpc) is 2.16. The monoisotopic (exact) mass is 375 g/mol. The average molecular weight is 375 g/mol. The second-order valence-electron chi connectivity index (χ2n) is 6.74. The molecule has 0 fully saturated rings. The van der Waals surface area contributed by atoms with Gasteiger partial charge >= 0.3 is 0 Å². The molecule has 0 radical (unpaired) electrons. The molecular formula is C15H22INO2. The van der Waals surface area contributed by atoms with Crippen molar-refractivity contribution in [2.45, 2.75) is 46.6 Å². The molecular weight excluding hydrogens is 353 g/mol. The lowest BCUT2D eigenvalue weighted by Gasteiger charge is -2.33. The van der Waals surface area contributed by atoms with Crippen LogP contribution in [0.15, 0.2) is 18.2 Å². The molecule has 0 aliphatic carbocycles. The maximum Gasteiger partial charge on any atom is 0.255 e. The number of phenolic OH excluding ortho intramolecular Hbond substituents is 1. The predicted octanol–water partition coefficient (Wildman–Crippen LogP) is 3.94. The van der Waals surface area contributed by atoms with E-state index in [1.54, 1.807) is 18.2 Å². The van der Waals surface area contributed by atoms with E-state index in [1.165, 1.54) is 0 Å². The van der Waals surface area contributed by atoms with Crippen molar-refractivity contribution >= 4 is 28.5 Å². The van der Waals surface area contributed by atoms with Crippen molar-refractivity contribution < 1.29 is 9.90 Å². The summed E-state index contributed by atoms with van der Waals surface area (Å²) in [5, 5.41) is 12.8. The molecule has 4 heteroatoms. The molecule has 2 N–H and O–H groups in total. The Hall–Kier alpha value is -0.780. The van der Waals surface area contributed by atoms with Crippen LogP contribution in [0.2, 0.25) is 0 Å². The molecule has 106 valence electrons. The van der Waals surface area contributed by atoms with Crippen LogP contribution in [0, 0.1) is 8.99 Å². The Morgan fingerprint density at radius 1 is 1.26 bits per heavy atom. The molecule has 0 aliphatic rings. The van der Waals surface area contributed by atoms with Gasteiger partial charge in [-0.3, -0.25) is 4.79 Å². The summed E-state index contributed by atoms with van der Waals surface area (Å²) in [7, 11) is 0. The molecule has 0 saturated carbocycles. The highest BCUT2D eigenvalue weighted by atomic mass is 127.